The molecule has 6 heteroatoms. The van der Waals surface area contributed by atoms with Crippen LogP contribution in [0.2, 0.25) is 0 Å². The second-order valence-corrected chi connectivity index (χ2v) is 6.45. The van der Waals surface area contributed by atoms with Crippen LogP contribution in [-0.4, -0.2) is 49.0 Å². The van der Waals surface area contributed by atoms with Gasteiger partial charge in [-0.3, -0.25) is 0 Å². The monoisotopic (exact) mass is 307 g/mol. The van der Waals surface area contributed by atoms with Crippen LogP contribution >= 0.6 is 0 Å². The number of carbonyl (C=O) groups excluding carboxylic acids is 1. The zero-order chi connectivity index (χ0) is 16.2. The fraction of sp³-hybridized carbons (Fsp3) is 0.562. The summed E-state index contributed by atoms with van der Waals surface area (Å²) in [4.78, 5) is 14.0. The molecule has 0 aliphatic carbocycles. The Morgan fingerprint density at radius 2 is 2.09 bits per heavy atom. The first kappa shape index (κ1) is 16.4. The molecule has 1 aromatic rings. The summed E-state index contributed by atoms with van der Waals surface area (Å²) in [5, 5.41) is 15.6. The number of amides is 1. The molecule has 1 aromatic carbocycles. The zero-order valence-corrected chi connectivity index (χ0v) is 13.4. The SMILES string of the molecule is CC(C)(C)OC(=O)NCC1CNCCN1c1ccc(O)cc1. The number of rotatable bonds is 3. The van der Waals surface area contributed by atoms with Gasteiger partial charge in [0.25, 0.3) is 0 Å². The molecule has 1 amide bonds. The first-order chi connectivity index (χ1) is 10.3. The second kappa shape index (κ2) is 6.87. The minimum atomic E-state index is -0.495. The fourth-order valence-corrected chi connectivity index (χ4v) is 2.44. The standard InChI is InChI=1S/C16H25N3O3/c1-16(2,3)22-15(21)18-11-13-10-17-8-9-19(13)12-4-6-14(20)7-5-12/h4-7,13,17,20H,8-11H2,1-3H3,(H,18,21). The maximum Gasteiger partial charge on any atom is 0.407 e. The van der Waals surface area contributed by atoms with E-state index in [-0.39, 0.29) is 11.8 Å². The summed E-state index contributed by atoms with van der Waals surface area (Å²) in [7, 11) is 0. The van der Waals surface area contributed by atoms with Crippen molar-refractivity contribution in [1.29, 1.82) is 0 Å². The third-order valence-electron chi connectivity index (χ3n) is 3.41. The molecule has 1 aliphatic heterocycles. The van der Waals surface area contributed by atoms with E-state index in [1.54, 1.807) is 12.1 Å². The highest BCUT2D eigenvalue weighted by molar-refractivity contribution is 5.67. The number of carbonyl (C=O) groups is 1. The van der Waals surface area contributed by atoms with Gasteiger partial charge in [0.2, 0.25) is 0 Å². The Labute approximate surface area is 131 Å². The lowest BCUT2D eigenvalue weighted by molar-refractivity contribution is 0.0523. The average molecular weight is 307 g/mol. The van der Waals surface area contributed by atoms with Crippen LogP contribution in [0.5, 0.6) is 5.75 Å². The van der Waals surface area contributed by atoms with E-state index in [1.807, 2.05) is 32.9 Å². The quantitative estimate of drug-likeness (QED) is 0.792. The van der Waals surface area contributed by atoms with Gasteiger partial charge >= 0.3 is 6.09 Å². The van der Waals surface area contributed by atoms with E-state index in [2.05, 4.69) is 15.5 Å². The number of nitrogens with zero attached hydrogens (tertiary/aromatic N) is 1. The van der Waals surface area contributed by atoms with Crippen molar-refractivity contribution < 1.29 is 14.6 Å². The van der Waals surface area contributed by atoms with E-state index in [4.69, 9.17) is 4.74 Å². The van der Waals surface area contributed by atoms with Crippen LogP contribution in [0.4, 0.5) is 10.5 Å². The lowest BCUT2D eigenvalue weighted by atomic mass is 10.1. The number of nitrogens with one attached hydrogen (secondary N) is 2. The molecule has 1 unspecified atom stereocenters. The minimum Gasteiger partial charge on any atom is -0.508 e. The molecular formula is C16H25N3O3. The molecule has 3 N–H and O–H groups in total. The summed E-state index contributed by atoms with van der Waals surface area (Å²) in [5.41, 5.74) is 0.543. The van der Waals surface area contributed by atoms with Gasteiger partial charge in [-0.1, -0.05) is 0 Å². The molecule has 0 saturated carbocycles. The minimum absolute atomic E-state index is 0.144. The van der Waals surface area contributed by atoms with Crippen molar-refractivity contribution in [2.24, 2.45) is 0 Å². The molecule has 1 fully saturated rings. The molecule has 1 saturated heterocycles. The number of hydrogen-bond donors (Lipinski definition) is 3. The smallest absolute Gasteiger partial charge is 0.407 e. The molecule has 0 aromatic heterocycles. The summed E-state index contributed by atoms with van der Waals surface area (Å²) >= 11 is 0. The van der Waals surface area contributed by atoms with Crippen molar-refractivity contribution in [2.75, 3.05) is 31.1 Å². The van der Waals surface area contributed by atoms with Crippen LogP contribution < -0.4 is 15.5 Å². The summed E-state index contributed by atoms with van der Waals surface area (Å²) in [6.07, 6.45) is -0.399. The van der Waals surface area contributed by atoms with Crippen LogP contribution in [0.25, 0.3) is 0 Å². The fourth-order valence-electron chi connectivity index (χ4n) is 2.44. The van der Waals surface area contributed by atoms with Gasteiger partial charge in [-0.25, -0.2) is 4.79 Å². The van der Waals surface area contributed by atoms with Crippen LogP contribution in [0, 0.1) is 0 Å². The van der Waals surface area contributed by atoms with Crippen molar-refractivity contribution >= 4 is 11.8 Å². The van der Waals surface area contributed by atoms with Crippen molar-refractivity contribution in [1.82, 2.24) is 10.6 Å². The maximum absolute atomic E-state index is 11.8. The second-order valence-electron chi connectivity index (χ2n) is 6.45. The van der Waals surface area contributed by atoms with E-state index in [0.717, 1.165) is 25.3 Å². The third-order valence-corrected chi connectivity index (χ3v) is 3.41. The summed E-state index contributed by atoms with van der Waals surface area (Å²) in [5.74, 6) is 0.252. The molecule has 1 heterocycles. The van der Waals surface area contributed by atoms with Crippen molar-refractivity contribution in [3.63, 3.8) is 0 Å². The predicted octanol–water partition coefficient (Wildman–Crippen LogP) is 1.70. The van der Waals surface area contributed by atoms with E-state index in [0.29, 0.717) is 6.54 Å². The Morgan fingerprint density at radius 3 is 2.73 bits per heavy atom. The number of ether oxygens (including phenoxy) is 1. The normalized spacial score (nSPS) is 18.9. The van der Waals surface area contributed by atoms with Crippen LogP contribution in [0.15, 0.2) is 24.3 Å². The number of hydrogen-bond acceptors (Lipinski definition) is 5. The molecule has 22 heavy (non-hydrogen) atoms. The highest BCUT2D eigenvalue weighted by Crippen LogP contribution is 2.21. The lowest BCUT2D eigenvalue weighted by Crippen LogP contribution is -2.56. The maximum atomic E-state index is 11.8. The molecule has 0 radical (unpaired) electrons. The Balaban J connectivity index is 1.95. The molecule has 1 aliphatic rings. The van der Waals surface area contributed by atoms with E-state index < -0.39 is 11.7 Å². The van der Waals surface area contributed by atoms with Crippen molar-refractivity contribution in [2.45, 2.75) is 32.4 Å². The van der Waals surface area contributed by atoms with Crippen LogP contribution in [-0.2, 0) is 4.74 Å². The van der Waals surface area contributed by atoms with Gasteiger partial charge in [-0.2, -0.15) is 0 Å². The van der Waals surface area contributed by atoms with Crippen molar-refractivity contribution in [3.05, 3.63) is 24.3 Å². The van der Waals surface area contributed by atoms with Gasteiger partial charge < -0.3 is 25.4 Å². The van der Waals surface area contributed by atoms with Gasteiger partial charge in [-0.15, -0.1) is 0 Å². The number of aromatic hydroxyl groups is 1. The Bertz CT molecular complexity index is 496. The molecule has 0 bridgehead atoms. The average Bonchev–Trinajstić information content (AvgIpc) is 2.45. The molecule has 0 spiro atoms. The van der Waals surface area contributed by atoms with Gasteiger partial charge in [0, 0.05) is 31.9 Å². The third kappa shape index (κ3) is 4.80. The number of phenols is 1. The van der Waals surface area contributed by atoms with E-state index in [9.17, 15) is 9.90 Å². The summed E-state index contributed by atoms with van der Waals surface area (Å²) in [6, 6.07) is 7.28. The summed E-state index contributed by atoms with van der Waals surface area (Å²) < 4.78 is 5.26. The van der Waals surface area contributed by atoms with Gasteiger partial charge in [0.1, 0.15) is 11.4 Å². The van der Waals surface area contributed by atoms with Gasteiger partial charge in [-0.05, 0) is 45.0 Å². The van der Waals surface area contributed by atoms with Gasteiger partial charge in [0.05, 0.1) is 6.04 Å². The lowest BCUT2D eigenvalue weighted by Gasteiger charge is -2.38. The Morgan fingerprint density at radius 1 is 1.41 bits per heavy atom. The highest BCUT2D eigenvalue weighted by Gasteiger charge is 2.24. The molecule has 6 nitrogen and oxygen atoms in total. The molecule has 1 atom stereocenters. The number of alkyl carbamates (subject to hydrolysis) is 1. The van der Waals surface area contributed by atoms with E-state index >= 15 is 0 Å². The first-order valence-electron chi connectivity index (χ1n) is 7.58. The molecule has 2 rings (SSSR count). The highest BCUT2D eigenvalue weighted by atomic mass is 16.6. The summed E-state index contributed by atoms with van der Waals surface area (Å²) in [6.45, 7) is 8.57. The predicted molar refractivity (Wildman–Crippen MR) is 86.3 cm³/mol. The van der Waals surface area contributed by atoms with E-state index in [1.165, 1.54) is 0 Å². The Kier molecular flexibility index (Phi) is 5.13. The zero-order valence-electron chi connectivity index (χ0n) is 13.4. The van der Waals surface area contributed by atoms with Crippen molar-refractivity contribution in [3.8, 4) is 5.75 Å². The number of anilines is 1. The Hall–Kier alpha value is -1.95. The number of phenolic OH excluding ortho intramolecular Hbond substituents is 1. The first-order valence-corrected chi connectivity index (χ1v) is 7.58. The van der Waals surface area contributed by atoms with Gasteiger partial charge in [0.15, 0.2) is 0 Å². The van der Waals surface area contributed by atoms with Crippen LogP contribution in [0.3, 0.4) is 0 Å². The number of benzene rings is 1. The number of piperazine rings is 1. The molecule has 122 valence electrons. The largest absolute Gasteiger partial charge is 0.508 e. The van der Waals surface area contributed by atoms with Crippen LogP contribution in [0.1, 0.15) is 20.8 Å². The molecular weight excluding hydrogens is 282 g/mol. The topological polar surface area (TPSA) is 73.8 Å².